The average molecular weight is 296 g/mol. The predicted octanol–water partition coefficient (Wildman–Crippen LogP) is 2.69. The third kappa shape index (κ3) is 3.96. The van der Waals surface area contributed by atoms with E-state index in [1.165, 1.54) is 20.3 Å². The zero-order valence-corrected chi connectivity index (χ0v) is 12.7. The second-order valence-corrected chi connectivity index (χ2v) is 4.44. The van der Waals surface area contributed by atoms with E-state index >= 15 is 0 Å². The lowest BCUT2D eigenvalue weighted by atomic mass is 9.99. The van der Waals surface area contributed by atoms with Crippen LogP contribution in [0.15, 0.2) is 12.6 Å². The van der Waals surface area contributed by atoms with Crippen LogP contribution in [-0.2, 0) is 9.47 Å². The van der Waals surface area contributed by atoms with Crippen LogP contribution in [0.3, 0.4) is 0 Å². The van der Waals surface area contributed by atoms with Gasteiger partial charge in [-0.05, 0) is 25.5 Å². The van der Waals surface area contributed by atoms with Crippen LogP contribution in [0.1, 0.15) is 28.4 Å². The summed E-state index contributed by atoms with van der Waals surface area (Å²) in [6.45, 7) is 7.32. The molecule has 6 heteroatoms. The lowest BCUT2D eigenvalue weighted by Crippen LogP contribution is -2.11. The fourth-order valence-electron chi connectivity index (χ4n) is 1.87. The molecule has 0 atom stereocenters. The van der Waals surface area contributed by atoms with E-state index in [1.54, 1.807) is 13.8 Å². The van der Waals surface area contributed by atoms with Crippen LogP contribution < -0.4 is 9.47 Å². The summed E-state index contributed by atoms with van der Waals surface area (Å²) in [6, 6.07) is 1.48. The van der Waals surface area contributed by atoms with Crippen molar-refractivity contribution in [3.63, 3.8) is 0 Å². The number of rotatable bonds is 8. The highest BCUT2D eigenvalue weighted by atomic mass is 16.7. The topological polar surface area (TPSA) is 74.2 Å². The smallest absolute Gasteiger partial charge is 0.339 e. The van der Waals surface area contributed by atoms with Crippen LogP contribution in [0.5, 0.6) is 11.5 Å². The Balaban J connectivity index is 3.46. The molecule has 1 N–H and O–H groups in total. The van der Waals surface area contributed by atoms with Gasteiger partial charge in [0.25, 0.3) is 0 Å². The second-order valence-electron chi connectivity index (χ2n) is 4.44. The van der Waals surface area contributed by atoms with Crippen LogP contribution in [0.25, 0.3) is 5.57 Å². The molecule has 6 nitrogen and oxygen atoms in total. The van der Waals surface area contributed by atoms with E-state index in [1.807, 2.05) is 0 Å². The van der Waals surface area contributed by atoms with Gasteiger partial charge in [0.1, 0.15) is 17.1 Å². The molecule has 1 aromatic rings. The summed E-state index contributed by atoms with van der Waals surface area (Å²) < 4.78 is 20.7. The molecule has 0 saturated carbocycles. The zero-order chi connectivity index (χ0) is 16.0. The van der Waals surface area contributed by atoms with Crippen LogP contribution in [0.4, 0.5) is 0 Å². The Bertz CT molecular complexity index is 491. The minimum absolute atomic E-state index is 0.0346. The number of aromatic carboxylic acids is 1. The van der Waals surface area contributed by atoms with Gasteiger partial charge in [0, 0.05) is 25.3 Å². The summed E-state index contributed by atoms with van der Waals surface area (Å²) >= 11 is 0. The molecule has 116 valence electrons. The molecule has 0 aliphatic rings. The number of carbonyl (C=O) groups is 1. The maximum Gasteiger partial charge on any atom is 0.339 e. The molecule has 0 amide bonds. The third-order valence-corrected chi connectivity index (χ3v) is 2.79. The van der Waals surface area contributed by atoms with Crippen LogP contribution >= 0.6 is 0 Å². The van der Waals surface area contributed by atoms with E-state index in [4.69, 9.17) is 18.9 Å². The van der Waals surface area contributed by atoms with Gasteiger partial charge in [-0.15, -0.1) is 0 Å². The highest BCUT2D eigenvalue weighted by Gasteiger charge is 2.22. The van der Waals surface area contributed by atoms with E-state index in [2.05, 4.69) is 6.58 Å². The highest BCUT2D eigenvalue weighted by Crippen LogP contribution is 2.38. The molecule has 0 heterocycles. The van der Waals surface area contributed by atoms with E-state index in [0.717, 1.165) is 0 Å². The Morgan fingerprint density at radius 3 is 2.00 bits per heavy atom. The van der Waals surface area contributed by atoms with Gasteiger partial charge in [-0.2, -0.15) is 0 Å². The van der Waals surface area contributed by atoms with Crippen molar-refractivity contribution in [1.82, 2.24) is 0 Å². The van der Waals surface area contributed by atoms with Gasteiger partial charge < -0.3 is 24.1 Å². The van der Waals surface area contributed by atoms with Gasteiger partial charge in [0.05, 0.1) is 0 Å². The zero-order valence-electron chi connectivity index (χ0n) is 12.7. The van der Waals surface area contributed by atoms with Crippen LogP contribution in [-0.4, -0.2) is 38.9 Å². The number of hydrogen-bond acceptors (Lipinski definition) is 5. The first-order valence-corrected chi connectivity index (χ1v) is 6.24. The normalized spacial score (nSPS) is 10.3. The molecule has 0 aliphatic carbocycles. The van der Waals surface area contributed by atoms with Crippen molar-refractivity contribution in [1.29, 1.82) is 0 Å². The van der Waals surface area contributed by atoms with Crippen LogP contribution in [0.2, 0.25) is 0 Å². The van der Waals surface area contributed by atoms with Crippen molar-refractivity contribution in [2.24, 2.45) is 0 Å². The van der Waals surface area contributed by atoms with Gasteiger partial charge in [0.2, 0.25) is 0 Å². The molecule has 0 bridgehead atoms. The van der Waals surface area contributed by atoms with E-state index in [0.29, 0.717) is 22.4 Å². The Morgan fingerprint density at radius 1 is 1.14 bits per heavy atom. The van der Waals surface area contributed by atoms with Crippen molar-refractivity contribution in [2.75, 3.05) is 27.8 Å². The lowest BCUT2D eigenvalue weighted by molar-refractivity contribution is 0.0434. The molecule has 0 radical (unpaired) electrons. The third-order valence-electron chi connectivity index (χ3n) is 2.79. The molecular weight excluding hydrogens is 276 g/mol. The Hall–Kier alpha value is -2.05. The Labute approximate surface area is 123 Å². The first-order chi connectivity index (χ1) is 9.93. The van der Waals surface area contributed by atoms with Crippen molar-refractivity contribution in [2.45, 2.75) is 13.8 Å². The van der Waals surface area contributed by atoms with E-state index in [-0.39, 0.29) is 24.9 Å². The number of allylic oxidation sites excluding steroid dienone is 1. The number of methoxy groups -OCH3 is 2. The molecule has 0 aliphatic heterocycles. The molecule has 0 saturated heterocycles. The van der Waals surface area contributed by atoms with Crippen LogP contribution in [0, 0.1) is 6.92 Å². The van der Waals surface area contributed by atoms with Gasteiger partial charge in [-0.3, -0.25) is 0 Å². The Morgan fingerprint density at radius 2 is 1.62 bits per heavy atom. The molecule has 0 fully saturated rings. The molecule has 1 rings (SSSR count). The monoisotopic (exact) mass is 296 g/mol. The fraction of sp³-hybridized carbons (Fsp3) is 0.400. The SMILES string of the molecule is C=C(C)c1cc(C(=O)O)c(OCOC)c(C)c1OCOC. The maximum atomic E-state index is 11.4. The van der Waals surface area contributed by atoms with Crippen molar-refractivity contribution < 1.29 is 28.8 Å². The Kier molecular flexibility index (Phi) is 6.20. The minimum Gasteiger partial charge on any atom is -0.478 e. The molecule has 1 aromatic carbocycles. The quantitative estimate of drug-likeness (QED) is 0.743. The van der Waals surface area contributed by atoms with Crippen molar-refractivity contribution in [3.8, 4) is 11.5 Å². The molecular formula is C15H20O6. The highest BCUT2D eigenvalue weighted by molar-refractivity contribution is 5.94. The summed E-state index contributed by atoms with van der Waals surface area (Å²) in [5.74, 6) is -0.397. The lowest BCUT2D eigenvalue weighted by Gasteiger charge is -2.19. The first-order valence-electron chi connectivity index (χ1n) is 6.24. The molecule has 0 unspecified atom stereocenters. The van der Waals surface area contributed by atoms with Gasteiger partial charge in [-0.1, -0.05) is 6.58 Å². The molecule has 0 spiro atoms. The minimum atomic E-state index is -1.09. The summed E-state index contributed by atoms with van der Waals surface area (Å²) in [7, 11) is 2.96. The summed E-state index contributed by atoms with van der Waals surface area (Å²) in [5.41, 5.74) is 1.88. The summed E-state index contributed by atoms with van der Waals surface area (Å²) in [5, 5.41) is 9.35. The average Bonchev–Trinajstić information content (AvgIpc) is 2.43. The fourth-order valence-corrected chi connectivity index (χ4v) is 1.87. The second kappa shape index (κ2) is 7.66. The number of carboxylic acids is 1. The number of benzene rings is 1. The predicted molar refractivity (Wildman–Crippen MR) is 77.9 cm³/mol. The summed E-state index contributed by atoms with van der Waals surface area (Å²) in [6.07, 6.45) is 0. The number of hydrogen-bond donors (Lipinski definition) is 1. The molecule has 0 aromatic heterocycles. The van der Waals surface area contributed by atoms with Gasteiger partial charge in [0.15, 0.2) is 13.6 Å². The van der Waals surface area contributed by atoms with E-state index < -0.39 is 5.97 Å². The standard InChI is InChI=1S/C15H20O6/c1-9(2)11-6-12(15(16)17)14(21-8-19-5)10(3)13(11)20-7-18-4/h6H,1,7-8H2,2-5H3,(H,16,17). The first kappa shape index (κ1) is 17.0. The molecule has 21 heavy (non-hydrogen) atoms. The van der Waals surface area contributed by atoms with Gasteiger partial charge >= 0.3 is 5.97 Å². The van der Waals surface area contributed by atoms with Crippen molar-refractivity contribution in [3.05, 3.63) is 29.3 Å². The number of carboxylic acid groups (broad SMARTS) is 1. The van der Waals surface area contributed by atoms with Crippen molar-refractivity contribution >= 4 is 11.5 Å². The largest absolute Gasteiger partial charge is 0.478 e. The van der Waals surface area contributed by atoms with Gasteiger partial charge in [-0.25, -0.2) is 4.79 Å². The number of ether oxygens (including phenoxy) is 4. The van der Waals surface area contributed by atoms with E-state index in [9.17, 15) is 9.90 Å². The summed E-state index contributed by atoms with van der Waals surface area (Å²) in [4.78, 5) is 11.4. The maximum absolute atomic E-state index is 11.4.